The van der Waals surface area contributed by atoms with Crippen molar-refractivity contribution in [3.63, 3.8) is 0 Å². The van der Waals surface area contributed by atoms with E-state index >= 15 is 0 Å². The molecule has 1 aliphatic heterocycles. The number of nitrogens with zero attached hydrogens (tertiary/aromatic N) is 3. The highest BCUT2D eigenvalue weighted by atomic mass is 16.6. The fraction of sp³-hybridized carbons (Fsp3) is 0.842. The molecule has 0 aliphatic carbocycles. The second kappa shape index (κ2) is 11.0. The van der Waals surface area contributed by atoms with E-state index in [2.05, 4.69) is 15.2 Å². The van der Waals surface area contributed by atoms with E-state index in [4.69, 9.17) is 9.47 Å². The van der Waals surface area contributed by atoms with Gasteiger partial charge in [0.05, 0.1) is 13.0 Å². The molecular formula is C19H36N4O4. The number of methoxy groups -OCH3 is 1. The van der Waals surface area contributed by atoms with Gasteiger partial charge in [-0.05, 0) is 40.0 Å². The first-order chi connectivity index (χ1) is 12.7. The molecule has 1 amide bonds. The highest BCUT2D eigenvalue weighted by Crippen LogP contribution is 2.18. The van der Waals surface area contributed by atoms with Crippen molar-refractivity contribution in [3.8, 4) is 0 Å². The van der Waals surface area contributed by atoms with Crippen LogP contribution in [0.15, 0.2) is 4.99 Å². The van der Waals surface area contributed by atoms with Crippen LogP contribution in [0.3, 0.4) is 0 Å². The molecule has 0 aromatic heterocycles. The summed E-state index contributed by atoms with van der Waals surface area (Å²) in [4.78, 5) is 32.1. The van der Waals surface area contributed by atoms with Crippen molar-refractivity contribution in [1.82, 2.24) is 15.1 Å². The van der Waals surface area contributed by atoms with E-state index in [-0.39, 0.29) is 18.0 Å². The lowest BCUT2D eigenvalue weighted by atomic mass is 9.97. The average molecular weight is 385 g/mol. The predicted octanol–water partition coefficient (Wildman–Crippen LogP) is 2.09. The lowest BCUT2D eigenvalue weighted by Crippen LogP contribution is -2.49. The summed E-state index contributed by atoms with van der Waals surface area (Å²) in [5.41, 5.74) is -0.503. The van der Waals surface area contributed by atoms with Gasteiger partial charge in [-0.2, -0.15) is 0 Å². The minimum Gasteiger partial charge on any atom is -0.469 e. The van der Waals surface area contributed by atoms with Crippen molar-refractivity contribution in [2.75, 3.05) is 46.9 Å². The minimum atomic E-state index is -0.503. The van der Waals surface area contributed by atoms with Crippen LogP contribution in [-0.2, 0) is 14.3 Å². The summed E-state index contributed by atoms with van der Waals surface area (Å²) in [6, 6.07) is 0. The second-order valence-corrected chi connectivity index (χ2v) is 7.73. The number of guanidine groups is 1. The Kier molecular flexibility index (Phi) is 9.38. The van der Waals surface area contributed by atoms with Gasteiger partial charge in [-0.15, -0.1) is 0 Å². The van der Waals surface area contributed by atoms with E-state index in [1.807, 2.05) is 27.7 Å². The zero-order chi connectivity index (χ0) is 20.4. The first-order valence-electron chi connectivity index (χ1n) is 9.73. The van der Waals surface area contributed by atoms with Gasteiger partial charge in [0.2, 0.25) is 0 Å². The van der Waals surface area contributed by atoms with Crippen LogP contribution in [0.5, 0.6) is 0 Å². The molecule has 1 heterocycles. The van der Waals surface area contributed by atoms with E-state index in [0.717, 1.165) is 38.3 Å². The third-order valence-corrected chi connectivity index (χ3v) is 4.35. The molecule has 27 heavy (non-hydrogen) atoms. The van der Waals surface area contributed by atoms with Gasteiger partial charge in [-0.3, -0.25) is 9.79 Å². The quantitative estimate of drug-likeness (QED) is 0.429. The Labute approximate surface area is 163 Å². The number of ether oxygens (including phenoxy) is 2. The molecule has 1 aliphatic rings. The van der Waals surface area contributed by atoms with Crippen LogP contribution in [-0.4, -0.2) is 80.3 Å². The van der Waals surface area contributed by atoms with E-state index in [0.29, 0.717) is 19.6 Å². The molecule has 0 radical (unpaired) electrons. The van der Waals surface area contributed by atoms with E-state index < -0.39 is 5.60 Å². The monoisotopic (exact) mass is 384 g/mol. The van der Waals surface area contributed by atoms with Gasteiger partial charge in [0.1, 0.15) is 5.60 Å². The maximum absolute atomic E-state index is 12.3. The molecule has 1 saturated heterocycles. The summed E-state index contributed by atoms with van der Waals surface area (Å²) in [7, 11) is 3.17. The van der Waals surface area contributed by atoms with Crippen LogP contribution in [0.2, 0.25) is 0 Å². The van der Waals surface area contributed by atoms with Gasteiger partial charge in [0, 0.05) is 39.8 Å². The number of amides is 1. The number of likely N-dealkylation sites (tertiary alicyclic amines) is 1. The Morgan fingerprint density at radius 3 is 2.33 bits per heavy atom. The molecule has 156 valence electrons. The number of carbonyl (C=O) groups excluding carboxylic acids is 2. The van der Waals surface area contributed by atoms with Crippen molar-refractivity contribution in [3.05, 3.63) is 0 Å². The molecule has 0 aromatic rings. The van der Waals surface area contributed by atoms with Crippen LogP contribution in [0.1, 0.15) is 47.0 Å². The number of piperidine rings is 1. The van der Waals surface area contributed by atoms with Crippen LogP contribution in [0.25, 0.3) is 0 Å². The molecule has 0 atom stereocenters. The number of aliphatic imine (C=N–C) groups is 1. The van der Waals surface area contributed by atoms with Crippen LogP contribution < -0.4 is 5.32 Å². The largest absolute Gasteiger partial charge is 0.469 e. The normalized spacial score (nSPS) is 16.1. The van der Waals surface area contributed by atoms with Gasteiger partial charge in [-0.1, -0.05) is 6.92 Å². The molecule has 0 saturated carbocycles. The highest BCUT2D eigenvalue weighted by molar-refractivity contribution is 5.80. The SMILES string of the molecule is CCCN(CCNC(=NC)N1CCC(C(=O)OC)CC1)C(=O)OC(C)(C)C. The van der Waals surface area contributed by atoms with Crippen molar-refractivity contribution in [2.24, 2.45) is 10.9 Å². The Morgan fingerprint density at radius 2 is 1.85 bits per heavy atom. The van der Waals surface area contributed by atoms with Gasteiger partial charge >= 0.3 is 12.1 Å². The molecule has 8 nitrogen and oxygen atoms in total. The van der Waals surface area contributed by atoms with Crippen LogP contribution in [0, 0.1) is 5.92 Å². The maximum atomic E-state index is 12.3. The van der Waals surface area contributed by atoms with Crippen molar-refractivity contribution in [1.29, 1.82) is 0 Å². The highest BCUT2D eigenvalue weighted by Gasteiger charge is 2.27. The zero-order valence-corrected chi connectivity index (χ0v) is 17.7. The number of carbonyl (C=O) groups is 2. The summed E-state index contributed by atoms with van der Waals surface area (Å²) >= 11 is 0. The molecule has 0 aromatic carbocycles. The number of esters is 1. The Morgan fingerprint density at radius 1 is 1.22 bits per heavy atom. The lowest BCUT2D eigenvalue weighted by molar-refractivity contribution is -0.146. The molecule has 1 N–H and O–H groups in total. The maximum Gasteiger partial charge on any atom is 0.410 e. The summed E-state index contributed by atoms with van der Waals surface area (Å²) in [5, 5.41) is 3.31. The van der Waals surface area contributed by atoms with Gasteiger partial charge in [0.25, 0.3) is 0 Å². The summed E-state index contributed by atoms with van der Waals surface area (Å²) in [6.07, 6.45) is 2.09. The number of hydrogen-bond donors (Lipinski definition) is 1. The lowest BCUT2D eigenvalue weighted by Gasteiger charge is -2.33. The summed E-state index contributed by atoms with van der Waals surface area (Å²) in [6.45, 7) is 10.9. The third-order valence-electron chi connectivity index (χ3n) is 4.35. The number of rotatable bonds is 6. The Bertz CT molecular complexity index is 508. The molecule has 0 unspecified atom stereocenters. The average Bonchev–Trinajstić information content (AvgIpc) is 2.62. The molecule has 1 fully saturated rings. The van der Waals surface area contributed by atoms with E-state index in [1.165, 1.54) is 7.11 Å². The number of hydrogen-bond acceptors (Lipinski definition) is 5. The molecule has 8 heteroatoms. The molecule has 0 spiro atoms. The van der Waals surface area contributed by atoms with Gasteiger partial charge < -0.3 is 24.6 Å². The van der Waals surface area contributed by atoms with Crippen molar-refractivity contribution >= 4 is 18.0 Å². The zero-order valence-electron chi connectivity index (χ0n) is 17.7. The molecule has 0 bridgehead atoms. The Balaban J connectivity index is 2.49. The number of nitrogens with one attached hydrogen (secondary N) is 1. The predicted molar refractivity (Wildman–Crippen MR) is 106 cm³/mol. The standard InChI is InChI=1S/C19H36N4O4/c1-7-11-23(18(25)27-19(2,3)4)14-10-21-17(20-5)22-12-8-15(9-13-22)16(24)26-6/h15H,7-14H2,1-6H3,(H,20,21). The summed E-state index contributed by atoms with van der Waals surface area (Å²) < 4.78 is 10.3. The smallest absolute Gasteiger partial charge is 0.410 e. The second-order valence-electron chi connectivity index (χ2n) is 7.73. The topological polar surface area (TPSA) is 83.5 Å². The third kappa shape index (κ3) is 8.05. The van der Waals surface area contributed by atoms with Gasteiger partial charge in [-0.25, -0.2) is 4.79 Å². The fourth-order valence-corrected chi connectivity index (χ4v) is 3.02. The first kappa shape index (κ1) is 23.0. The molecule has 1 rings (SSSR count). The minimum absolute atomic E-state index is 0.0310. The van der Waals surface area contributed by atoms with Crippen LogP contribution >= 0.6 is 0 Å². The van der Waals surface area contributed by atoms with Crippen molar-refractivity contribution in [2.45, 2.75) is 52.6 Å². The fourth-order valence-electron chi connectivity index (χ4n) is 3.02. The van der Waals surface area contributed by atoms with E-state index in [9.17, 15) is 9.59 Å². The Hall–Kier alpha value is -1.99. The van der Waals surface area contributed by atoms with Crippen LogP contribution in [0.4, 0.5) is 4.79 Å². The summed E-state index contributed by atoms with van der Waals surface area (Å²) in [5.74, 6) is 0.626. The van der Waals surface area contributed by atoms with Crippen molar-refractivity contribution < 1.29 is 19.1 Å². The van der Waals surface area contributed by atoms with E-state index in [1.54, 1.807) is 11.9 Å². The first-order valence-corrected chi connectivity index (χ1v) is 9.73. The molecular weight excluding hydrogens is 348 g/mol. The van der Waals surface area contributed by atoms with Gasteiger partial charge in [0.15, 0.2) is 5.96 Å².